The third-order valence-corrected chi connectivity index (χ3v) is 5.90. The van der Waals surface area contributed by atoms with Crippen LogP contribution in [0.5, 0.6) is 5.75 Å². The smallest absolute Gasteiger partial charge is 0.491 e. The molecule has 2 heterocycles. The minimum Gasteiger partial charge on any atom is -0.491 e. The summed E-state index contributed by atoms with van der Waals surface area (Å²) in [4.78, 5) is 1.85. The van der Waals surface area contributed by atoms with Crippen molar-refractivity contribution in [3.8, 4) is 5.75 Å². The van der Waals surface area contributed by atoms with Gasteiger partial charge in [0.05, 0.1) is 11.2 Å². The highest BCUT2D eigenvalue weighted by Gasteiger charge is 2.51. The number of nitrogens with zero attached hydrogens (tertiary/aromatic N) is 1. The van der Waals surface area contributed by atoms with Crippen LogP contribution in [0.2, 0.25) is 0 Å². The fraction of sp³-hybridized carbons (Fsp3) is 0.700. The number of hydrogen-bond donors (Lipinski definition) is 1. The molecule has 28 heavy (non-hydrogen) atoms. The van der Waals surface area contributed by atoms with E-state index in [-0.39, 0.29) is 19.4 Å². The number of halogens is 2. The summed E-state index contributed by atoms with van der Waals surface area (Å²) in [6.45, 7) is 9.08. The molecule has 8 heteroatoms. The van der Waals surface area contributed by atoms with Gasteiger partial charge in [-0.25, -0.2) is 8.78 Å². The maximum atomic E-state index is 13.2. The van der Waals surface area contributed by atoms with Crippen molar-refractivity contribution in [1.82, 2.24) is 4.90 Å². The average Bonchev–Trinajstić information content (AvgIpc) is 2.83. The minimum absolute atomic E-state index is 0.114. The first-order chi connectivity index (χ1) is 13.0. The third-order valence-electron chi connectivity index (χ3n) is 5.90. The van der Waals surface area contributed by atoms with Crippen LogP contribution in [0.3, 0.4) is 0 Å². The van der Waals surface area contributed by atoms with Crippen molar-refractivity contribution in [2.45, 2.75) is 63.8 Å². The van der Waals surface area contributed by atoms with Crippen molar-refractivity contribution >= 4 is 12.6 Å². The number of hydrogen-bond acceptors (Lipinski definition) is 5. The van der Waals surface area contributed by atoms with E-state index in [0.29, 0.717) is 25.4 Å². The summed E-state index contributed by atoms with van der Waals surface area (Å²) < 4.78 is 44.1. The molecule has 156 valence electrons. The van der Waals surface area contributed by atoms with E-state index in [1.807, 2.05) is 56.9 Å². The zero-order chi connectivity index (χ0) is 20.6. The third kappa shape index (κ3) is 5.03. The summed E-state index contributed by atoms with van der Waals surface area (Å²) in [6.07, 6.45) is -1.03. The second-order valence-corrected chi connectivity index (χ2v) is 8.78. The number of β-amino-alcohol motifs (C(OH)–C–C–N with tert-alkyl or cyclic N) is 1. The van der Waals surface area contributed by atoms with E-state index >= 15 is 0 Å². The number of alkyl halides is 2. The van der Waals surface area contributed by atoms with Crippen LogP contribution in [0.1, 0.15) is 40.5 Å². The van der Waals surface area contributed by atoms with Gasteiger partial charge in [-0.2, -0.15) is 0 Å². The van der Waals surface area contributed by atoms with Gasteiger partial charge in [-0.3, -0.25) is 0 Å². The molecule has 1 N–H and O–H groups in total. The Labute approximate surface area is 166 Å². The van der Waals surface area contributed by atoms with Crippen LogP contribution in [0, 0.1) is 0 Å². The molecule has 2 aliphatic heterocycles. The quantitative estimate of drug-likeness (QED) is 0.748. The highest BCUT2D eigenvalue weighted by atomic mass is 19.3. The Balaban J connectivity index is 1.46. The number of benzene rings is 1. The van der Waals surface area contributed by atoms with Crippen molar-refractivity contribution in [1.29, 1.82) is 0 Å². The predicted octanol–water partition coefficient (Wildman–Crippen LogP) is 2.46. The van der Waals surface area contributed by atoms with Crippen LogP contribution >= 0.6 is 0 Å². The Kier molecular flexibility index (Phi) is 6.06. The van der Waals surface area contributed by atoms with E-state index in [0.717, 1.165) is 5.46 Å². The minimum atomic E-state index is -2.57. The summed E-state index contributed by atoms with van der Waals surface area (Å²) in [7, 11) is -0.429. The van der Waals surface area contributed by atoms with Crippen LogP contribution in [0.25, 0.3) is 0 Å². The Hall–Kier alpha value is -1.22. The molecule has 2 aliphatic rings. The van der Waals surface area contributed by atoms with Gasteiger partial charge in [0.2, 0.25) is 0 Å². The summed E-state index contributed by atoms with van der Waals surface area (Å²) in [5.41, 5.74) is 0.117. The number of piperidine rings is 1. The second kappa shape index (κ2) is 7.90. The van der Waals surface area contributed by atoms with Crippen LogP contribution < -0.4 is 10.2 Å². The Bertz CT molecular complexity index is 643. The zero-order valence-corrected chi connectivity index (χ0v) is 17.1. The van der Waals surface area contributed by atoms with Gasteiger partial charge in [0.25, 0.3) is 5.92 Å². The lowest BCUT2D eigenvalue weighted by molar-refractivity contribution is -0.0628. The van der Waals surface area contributed by atoms with E-state index in [1.165, 1.54) is 0 Å². The van der Waals surface area contributed by atoms with Crippen molar-refractivity contribution in [3.63, 3.8) is 0 Å². The van der Waals surface area contributed by atoms with Gasteiger partial charge in [0.15, 0.2) is 0 Å². The van der Waals surface area contributed by atoms with Gasteiger partial charge in [0, 0.05) is 32.5 Å². The molecule has 3 rings (SSSR count). The van der Waals surface area contributed by atoms with Gasteiger partial charge in [0.1, 0.15) is 18.5 Å². The molecule has 1 atom stereocenters. The first-order valence-electron chi connectivity index (χ1n) is 9.84. The van der Waals surface area contributed by atoms with E-state index < -0.39 is 30.3 Å². The predicted molar refractivity (Wildman–Crippen MR) is 104 cm³/mol. The number of aliphatic hydroxyl groups is 1. The second-order valence-electron chi connectivity index (χ2n) is 8.78. The van der Waals surface area contributed by atoms with E-state index in [2.05, 4.69) is 0 Å². The normalized spacial score (nSPS) is 24.9. The van der Waals surface area contributed by atoms with Crippen molar-refractivity contribution in [2.24, 2.45) is 0 Å². The molecule has 0 spiro atoms. The molecule has 5 nitrogen and oxygen atoms in total. The monoisotopic (exact) mass is 397 g/mol. The molecule has 2 fully saturated rings. The fourth-order valence-electron chi connectivity index (χ4n) is 3.31. The number of ether oxygens (including phenoxy) is 1. The summed E-state index contributed by atoms with van der Waals surface area (Å²) in [6, 6.07) is 7.40. The maximum Gasteiger partial charge on any atom is 0.494 e. The van der Waals surface area contributed by atoms with Crippen molar-refractivity contribution in [2.75, 3.05) is 26.2 Å². The number of rotatable bonds is 6. The van der Waals surface area contributed by atoms with Crippen LogP contribution in [-0.4, -0.2) is 66.6 Å². The molecule has 0 aromatic heterocycles. The molecule has 1 aromatic carbocycles. The van der Waals surface area contributed by atoms with Crippen LogP contribution in [-0.2, 0) is 9.31 Å². The Morgan fingerprint density at radius 3 is 2.14 bits per heavy atom. The van der Waals surface area contributed by atoms with E-state index in [9.17, 15) is 13.9 Å². The Morgan fingerprint density at radius 1 is 1.07 bits per heavy atom. The summed E-state index contributed by atoms with van der Waals surface area (Å²) >= 11 is 0. The lowest BCUT2D eigenvalue weighted by Gasteiger charge is -2.32. The standard InChI is InChI=1S/C20H30BF2NO4/c1-18(2)19(3,4)28-21(27-18)15-5-7-17(8-6-15)26-14-16(25)13-24-11-9-20(22,23)10-12-24/h5-8,16,25H,9-14H2,1-4H3. The van der Waals surface area contributed by atoms with Gasteiger partial charge in [-0.05, 0) is 45.3 Å². The SMILES string of the molecule is CC1(C)OB(c2ccc(OCC(O)CN3CCC(F)(F)CC3)cc2)OC1(C)C. The summed E-state index contributed by atoms with van der Waals surface area (Å²) in [5.74, 6) is -1.94. The molecule has 1 aromatic rings. The zero-order valence-electron chi connectivity index (χ0n) is 17.1. The molecule has 0 amide bonds. The lowest BCUT2D eigenvalue weighted by Crippen LogP contribution is -2.44. The molecule has 0 bridgehead atoms. The van der Waals surface area contributed by atoms with Gasteiger partial charge in [-0.1, -0.05) is 12.1 Å². The maximum absolute atomic E-state index is 13.2. The highest BCUT2D eigenvalue weighted by Crippen LogP contribution is 2.36. The largest absolute Gasteiger partial charge is 0.494 e. The first kappa shape index (κ1) is 21.5. The van der Waals surface area contributed by atoms with Gasteiger partial charge >= 0.3 is 7.12 Å². The van der Waals surface area contributed by atoms with E-state index in [4.69, 9.17) is 14.0 Å². The molecule has 0 radical (unpaired) electrons. The van der Waals surface area contributed by atoms with Gasteiger partial charge < -0.3 is 24.1 Å². The molecule has 0 saturated carbocycles. The lowest BCUT2D eigenvalue weighted by atomic mass is 9.79. The topological polar surface area (TPSA) is 51.2 Å². The Morgan fingerprint density at radius 2 is 1.61 bits per heavy atom. The number of likely N-dealkylation sites (tertiary alicyclic amines) is 1. The molecular formula is C20H30BF2NO4. The highest BCUT2D eigenvalue weighted by molar-refractivity contribution is 6.62. The first-order valence-corrected chi connectivity index (χ1v) is 9.84. The molecule has 0 aliphatic carbocycles. The van der Waals surface area contributed by atoms with Crippen molar-refractivity contribution in [3.05, 3.63) is 24.3 Å². The molecule has 1 unspecified atom stereocenters. The van der Waals surface area contributed by atoms with Crippen molar-refractivity contribution < 1.29 is 27.9 Å². The fourth-order valence-corrected chi connectivity index (χ4v) is 3.31. The molecule has 2 saturated heterocycles. The van der Waals surface area contributed by atoms with Crippen LogP contribution in [0.4, 0.5) is 8.78 Å². The van der Waals surface area contributed by atoms with E-state index in [1.54, 1.807) is 0 Å². The van der Waals surface area contributed by atoms with Crippen LogP contribution in [0.15, 0.2) is 24.3 Å². The average molecular weight is 397 g/mol. The van der Waals surface area contributed by atoms with Gasteiger partial charge in [-0.15, -0.1) is 0 Å². The summed E-state index contributed by atoms with van der Waals surface area (Å²) in [5, 5.41) is 10.1. The molecular weight excluding hydrogens is 367 g/mol. The number of aliphatic hydroxyl groups excluding tert-OH is 1.